The first-order valence-corrected chi connectivity index (χ1v) is 6.57. The second-order valence-corrected chi connectivity index (χ2v) is 4.80. The van der Waals surface area contributed by atoms with Gasteiger partial charge in [-0.15, -0.1) is 0 Å². The summed E-state index contributed by atoms with van der Waals surface area (Å²) in [5, 5.41) is 19.8. The van der Waals surface area contributed by atoms with E-state index in [9.17, 15) is 24.6 Å². The Kier molecular flexibility index (Phi) is 4.48. The van der Waals surface area contributed by atoms with Crippen molar-refractivity contribution in [1.82, 2.24) is 0 Å². The lowest BCUT2D eigenvalue weighted by Gasteiger charge is -2.24. The fourth-order valence-corrected chi connectivity index (χ4v) is 2.23. The molecule has 0 aliphatic heterocycles. The summed E-state index contributed by atoms with van der Waals surface area (Å²) in [5.41, 5.74) is -2.26. The van der Waals surface area contributed by atoms with E-state index in [1.165, 1.54) is 24.3 Å². The van der Waals surface area contributed by atoms with Crippen molar-refractivity contribution in [3.63, 3.8) is 0 Å². The molecule has 0 radical (unpaired) electrons. The van der Waals surface area contributed by atoms with Gasteiger partial charge in [-0.2, -0.15) is 0 Å². The van der Waals surface area contributed by atoms with Crippen LogP contribution in [0.5, 0.6) is 0 Å². The van der Waals surface area contributed by atoms with Crippen molar-refractivity contribution >= 4 is 18.0 Å². The number of hydrogen-bond acceptors (Lipinski definition) is 4. The first kappa shape index (κ1) is 15.6. The molecular formula is C17H14O5. The first-order chi connectivity index (χ1) is 10.5. The van der Waals surface area contributed by atoms with Gasteiger partial charge in [0.1, 0.15) is 5.92 Å². The van der Waals surface area contributed by atoms with Crippen molar-refractivity contribution in [3.8, 4) is 0 Å². The summed E-state index contributed by atoms with van der Waals surface area (Å²) < 4.78 is 0. The van der Waals surface area contributed by atoms with Crippen LogP contribution in [0.4, 0.5) is 0 Å². The Morgan fingerprint density at radius 3 is 1.91 bits per heavy atom. The monoisotopic (exact) mass is 298 g/mol. The normalized spacial score (nSPS) is 14.6. The summed E-state index contributed by atoms with van der Waals surface area (Å²) in [5.74, 6) is -4.14. The SMILES string of the molecule is O=CC(O)(C(=O)C(C(=O)O)c1ccccc1)c1ccccc1. The molecule has 2 N–H and O–H groups in total. The number of carbonyl (C=O) groups is 3. The Morgan fingerprint density at radius 2 is 1.45 bits per heavy atom. The van der Waals surface area contributed by atoms with Crippen molar-refractivity contribution in [2.75, 3.05) is 0 Å². The zero-order valence-electron chi connectivity index (χ0n) is 11.5. The lowest BCUT2D eigenvalue weighted by atomic mass is 9.81. The van der Waals surface area contributed by atoms with Gasteiger partial charge in [-0.1, -0.05) is 60.7 Å². The summed E-state index contributed by atoms with van der Waals surface area (Å²) in [6, 6.07) is 15.3. The standard InChI is InChI=1S/C17H14O5/c18-11-17(22,13-9-5-2-6-10-13)15(19)14(16(20)21)12-7-3-1-4-8-12/h1-11,14,22H,(H,20,21). The van der Waals surface area contributed by atoms with E-state index in [0.717, 1.165) is 0 Å². The molecule has 22 heavy (non-hydrogen) atoms. The molecule has 0 aliphatic carbocycles. The third-order valence-corrected chi connectivity index (χ3v) is 3.40. The minimum atomic E-state index is -2.50. The Hall–Kier alpha value is -2.79. The molecule has 0 saturated carbocycles. The van der Waals surface area contributed by atoms with Crippen molar-refractivity contribution in [2.24, 2.45) is 0 Å². The maximum absolute atomic E-state index is 12.6. The van der Waals surface area contributed by atoms with Crippen LogP contribution in [0.3, 0.4) is 0 Å². The van der Waals surface area contributed by atoms with E-state index in [0.29, 0.717) is 0 Å². The van der Waals surface area contributed by atoms with Gasteiger partial charge in [-0.05, 0) is 11.1 Å². The summed E-state index contributed by atoms with van der Waals surface area (Å²) in [4.78, 5) is 35.4. The number of benzene rings is 2. The maximum atomic E-state index is 12.6. The number of aliphatic carboxylic acids is 1. The van der Waals surface area contributed by atoms with Crippen LogP contribution in [0.2, 0.25) is 0 Å². The number of Topliss-reactive ketones (excluding diaryl/α,β-unsaturated/α-hetero) is 1. The number of carbonyl (C=O) groups excluding carboxylic acids is 2. The van der Waals surface area contributed by atoms with Crippen LogP contribution >= 0.6 is 0 Å². The molecule has 5 nitrogen and oxygen atoms in total. The highest BCUT2D eigenvalue weighted by molar-refractivity contribution is 6.14. The van der Waals surface area contributed by atoms with Gasteiger partial charge in [0.25, 0.3) is 0 Å². The maximum Gasteiger partial charge on any atom is 0.318 e. The average Bonchev–Trinajstić information content (AvgIpc) is 2.55. The average molecular weight is 298 g/mol. The molecular weight excluding hydrogens is 284 g/mol. The Bertz CT molecular complexity index is 681. The van der Waals surface area contributed by atoms with E-state index in [1.807, 2.05) is 0 Å². The molecule has 0 aromatic heterocycles. The number of aldehydes is 1. The van der Waals surface area contributed by atoms with Crippen LogP contribution in [0.1, 0.15) is 17.0 Å². The van der Waals surface area contributed by atoms with Gasteiger partial charge < -0.3 is 10.2 Å². The lowest BCUT2D eigenvalue weighted by molar-refractivity contribution is -0.152. The van der Waals surface area contributed by atoms with Gasteiger partial charge in [-0.25, -0.2) is 0 Å². The second kappa shape index (κ2) is 6.32. The molecule has 2 aromatic carbocycles. The van der Waals surface area contributed by atoms with Gasteiger partial charge in [0.15, 0.2) is 12.1 Å². The number of aliphatic hydroxyl groups is 1. The number of carboxylic acids is 1. The van der Waals surface area contributed by atoms with Crippen molar-refractivity contribution in [3.05, 3.63) is 71.8 Å². The van der Waals surface area contributed by atoms with Crippen LogP contribution < -0.4 is 0 Å². The fraction of sp³-hybridized carbons (Fsp3) is 0.118. The van der Waals surface area contributed by atoms with Crippen LogP contribution in [0.25, 0.3) is 0 Å². The van der Waals surface area contributed by atoms with Crippen LogP contribution in [-0.2, 0) is 20.0 Å². The highest BCUT2D eigenvalue weighted by atomic mass is 16.4. The molecule has 2 unspecified atom stereocenters. The summed E-state index contributed by atoms with van der Waals surface area (Å²) >= 11 is 0. The highest BCUT2D eigenvalue weighted by Crippen LogP contribution is 2.29. The molecule has 0 aliphatic rings. The van der Waals surface area contributed by atoms with Gasteiger partial charge in [0, 0.05) is 0 Å². The predicted octanol–water partition coefficient (Wildman–Crippen LogP) is 1.51. The molecule has 0 fully saturated rings. The van der Waals surface area contributed by atoms with Crippen molar-refractivity contribution < 1.29 is 24.6 Å². The van der Waals surface area contributed by atoms with Gasteiger partial charge in [0.2, 0.25) is 5.60 Å². The fourth-order valence-electron chi connectivity index (χ4n) is 2.23. The number of rotatable bonds is 6. The quantitative estimate of drug-likeness (QED) is 0.623. The molecule has 112 valence electrons. The molecule has 0 bridgehead atoms. The highest BCUT2D eigenvalue weighted by Gasteiger charge is 2.45. The zero-order valence-corrected chi connectivity index (χ0v) is 11.5. The molecule has 0 heterocycles. The van der Waals surface area contributed by atoms with E-state index in [-0.39, 0.29) is 17.4 Å². The second-order valence-electron chi connectivity index (χ2n) is 4.80. The molecule has 0 spiro atoms. The van der Waals surface area contributed by atoms with E-state index < -0.39 is 23.3 Å². The number of ketones is 1. The topological polar surface area (TPSA) is 91.7 Å². The molecule has 2 atom stereocenters. The third-order valence-electron chi connectivity index (χ3n) is 3.40. The molecule has 0 saturated heterocycles. The third kappa shape index (κ3) is 2.80. The predicted molar refractivity (Wildman–Crippen MR) is 78.2 cm³/mol. The van der Waals surface area contributed by atoms with Crippen LogP contribution in [-0.4, -0.2) is 28.3 Å². The van der Waals surface area contributed by atoms with Gasteiger partial charge >= 0.3 is 5.97 Å². The van der Waals surface area contributed by atoms with E-state index in [2.05, 4.69) is 0 Å². The smallest absolute Gasteiger partial charge is 0.318 e. The van der Waals surface area contributed by atoms with Crippen molar-refractivity contribution in [2.45, 2.75) is 11.5 Å². The summed E-state index contributed by atoms with van der Waals surface area (Å²) in [6.45, 7) is 0. The Morgan fingerprint density at radius 1 is 0.955 bits per heavy atom. The molecule has 0 amide bonds. The lowest BCUT2D eigenvalue weighted by Crippen LogP contribution is -2.43. The van der Waals surface area contributed by atoms with E-state index in [4.69, 9.17) is 0 Å². The first-order valence-electron chi connectivity index (χ1n) is 6.57. The minimum absolute atomic E-state index is 0.0391. The molecule has 2 rings (SSSR count). The number of hydrogen-bond donors (Lipinski definition) is 2. The van der Waals surface area contributed by atoms with Gasteiger partial charge in [-0.3, -0.25) is 14.4 Å². The molecule has 2 aromatic rings. The molecule has 5 heteroatoms. The van der Waals surface area contributed by atoms with Gasteiger partial charge in [0.05, 0.1) is 0 Å². The zero-order chi connectivity index (χ0) is 16.2. The largest absolute Gasteiger partial charge is 0.480 e. The van der Waals surface area contributed by atoms with Crippen LogP contribution in [0, 0.1) is 0 Å². The van der Waals surface area contributed by atoms with Crippen LogP contribution in [0.15, 0.2) is 60.7 Å². The van der Waals surface area contributed by atoms with Crippen molar-refractivity contribution in [1.29, 1.82) is 0 Å². The minimum Gasteiger partial charge on any atom is -0.480 e. The summed E-state index contributed by atoms with van der Waals surface area (Å²) in [6.07, 6.45) is 0.0730. The van der Waals surface area contributed by atoms with E-state index in [1.54, 1.807) is 36.4 Å². The Labute approximate surface area is 126 Å². The number of carboxylic acid groups (broad SMARTS) is 1. The van der Waals surface area contributed by atoms with E-state index >= 15 is 0 Å². The summed E-state index contributed by atoms with van der Waals surface area (Å²) in [7, 11) is 0. The Balaban J connectivity index is 2.50.